The highest BCUT2D eigenvalue weighted by atomic mass is 35.5. The molecule has 1 aromatic carbocycles. The standard InChI is InChI=1S/C18H15Cl2F3N4O3/c19-12-6-11(1-2-14(12)27-4-3-24-15(28)8-27)26-16(29)10-5-13(20)17(25-7-10)30-9-18(21,22)23/h1-2,5-7H,3-4,8-9H2,(H,24,28)(H,26,29). The van der Waals surface area contributed by atoms with Crippen LogP contribution in [0.2, 0.25) is 10.0 Å². The second-order valence-electron chi connectivity index (χ2n) is 6.31. The summed E-state index contributed by atoms with van der Waals surface area (Å²) in [6.45, 7) is -0.263. The summed E-state index contributed by atoms with van der Waals surface area (Å²) >= 11 is 12.1. The third-order valence-corrected chi connectivity index (χ3v) is 4.60. The molecule has 0 saturated carbocycles. The molecule has 1 aliphatic rings. The second kappa shape index (κ2) is 8.97. The van der Waals surface area contributed by atoms with Gasteiger partial charge in [-0.15, -0.1) is 0 Å². The molecule has 1 saturated heterocycles. The van der Waals surface area contributed by atoms with Gasteiger partial charge >= 0.3 is 6.18 Å². The topological polar surface area (TPSA) is 83.6 Å². The summed E-state index contributed by atoms with van der Waals surface area (Å²) < 4.78 is 41.2. The van der Waals surface area contributed by atoms with Crippen molar-refractivity contribution in [1.82, 2.24) is 10.3 Å². The van der Waals surface area contributed by atoms with E-state index in [9.17, 15) is 22.8 Å². The number of carbonyl (C=O) groups excluding carboxylic acids is 2. The van der Waals surface area contributed by atoms with Crippen LogP contribution in [0.5, 0.6) is 5.88 Å². The number of halogens is 5. The van der Waals surface area contributed by atoms with Crippen LogP contribution < -0.4 is 20.3 Å². The van der Waals surface area contributed by atoms with Crippen molar-refractivity contribution < 1.29 is 27.5 Å². The van der Waals surface area contributed by atoms with Crippen LogP contribution in [0, 0.1) is 0 Å². The maximum Gasteiger partial charge on any atom is 0.422 e. The number of rotatable bonds is 5. The van der Waals surface area contributed by atoms with E-state index in [1.54, 1.807) is 12.1 Å². The van der Waals surface area contributed by atoms with E-state index in [0.29, 0.717) is 29.5 Å². The zero-order chi connectivity index (χ0) is 21.9. The summed E-state index contributed by atoms with van der Waals surface area (Å²) in [4.78, 5) is 29.4. The van der Waals surface area contributed by atoms with Crippen LogP contribution >= 0.6 is 23.2 Å². The van der Waals surface area contributed by atoms with Gasteiger partial charge in [0.05, 0.1) is 22.8 Å². The molecular formula is C18H15Cl2F3N4O3. The number of piperazine rings is 1. The number of aromatic nitrogens is 1. The molecular weight excluding hydrogens is 448 g/mol. The van der Waals surface area contributed by atoms with E-state index in [-0.39, 0.29) is 23.0 Å². The Balaban J connectivity index is 1.67. The Hall–Kier alpha value is -2.72. The number of amides is 2. The van der Waals surface area contributed by atoms with Gasteiger partial charge in [-0.3, -0.25) is 9.59 Å². The average molecular weight is 463 g/mol. The highest BCUT2D eigenvalue weighted by Crippen LogP contribution is 2.30. The van der Waals surface area contributed by atoms with E-state index < -0.39 is 24.6 Å². The number of nitrogens with zero attached hydrogens (tertiary/aromatic N) is 2. The van der Waals surface area contributed by atoms with E-state index in [2.05, 4.69) is 20.4 Å². The van der Waals surface area contributed by atoms with Crippen LogP contribution in [0.15, 0.2) is 30.5 Å². The van der Waals surface area contributed by atoms with Gasteiger partial charge in [-0.1, -0.05) is 23.2 Å². The molecule has 0 atom stereocenters. The minimum Gasteiger partial charge on any atom is -0.467 e. The minimum absolute atomic E-state index is 0.0206. The molecule has 12 heteroatoms. The lowest BCUT2D eigenvalue weighted by Crippen LogP contribution is -2.47. The zero-order valence-corrected chi connectivity index (χ0v) is 16.7. The summed E-state index contributed by atoms with van der Waals surface area (Å²) in [6, 6.07) is 5.96. The molecule has 0 bridgehead atoms. The zero-order valence-electron chi connectivity index (χ0n) is 15.2. The molecule has 2 aromatic rings. The number of hydrogen-bond donors (Lipinski definition) is 2. The van der Waals surface area contributed by atoms with Crippen molar-refractivity contribution in [2.75, 3.05) is 36.5 Å². The number of hydrogen-bond acceptors (Lipinski definition) is 5. The van der Waals surface area contributed by atoms with Crippen LogP contribution in [0.4, 0.5) is 24.5 Å². The Bertz CT molecular complexity index is 972. The maximum atomic E-state index is 12.4. The molecule has 2 amide bonds. The van der Waals surface area contributed by atoms with E-state index in [1.165, 1.54) is 6.07 Å². The molecule has 1 aromatic heterocycles. The van der Waals surface area contributed by atoms with Crippen LogP contribution in [-0.2, 0) is 4.79 Å². The molecule has 0 unspecified atom stereocenters. The van der Waals surface area contributed by atoms with Crippen molar-refractivity contribution in [1.29, 1.82) is 0 Å². The number of benzene rings is 1. The first-order chi connectivity index (χ1) is 14.1. The van der Waals surface area contributed by atoms with Gasteiger partial charge in [0.1, 0.15) is 5.02 Å². The van der Waals surface area contributed by atoms with Gasteiger partial charge in [-0.25, -0.2) is 4.98 Å². The summed E-state index contributed by atoms with van der Waals surface area (Å²) in [6.07, 6.45) is -3.49. The minimum atomic E-state index is -4.54. The van der Waals surface area contributed by atoms with Crippen molar-refractivity contribution in [2.45, 2.75) is 6.18 Å². The molecule has 0 radical (unpaired) electrons. The van der Waals surface area contributed by atoms with Gasteiger partial charge in [-0.2, -0.15) is 13.2 Å². The van der Waals surface area contributed by atoms with Crippen molar-refractivity contribution in [3.63, 3.8) is 0 Å². The van der Waals surface area contributed by atoms with E-state index >= 15 is 0 Å². The van der Waals surface area contributed by atoms with E-state index in [0.717, 1.165) is 12.3 Å². The summed E-state index contributed by atoms with van der Waals surface area (Å²) in [5, 5.41) is 5.43. The fraction of sp³-hybridized carbons (Fsp3) is 0.278. The maximum absolute atomic E-state index is 12.4. The molecule has 0 spiro atoms. The quantitative estimate of drug-likeness (QED) is 0.710. The molecule has 7 nitrogen and oxygen atoms in total. The number of ether oxygens (including phenoxy) is 1. The largest absolute Gasteiger partial charge is 0.467 e. The average Bonchev–Trinajstić information content (AvgIpc) is 2.66. The number of anilines is 2. The highest BCUT2D eigenvalue weighted by Gasteiger charge is 2.29. The summed E-state index contributed by atoms with van der Waals surface area (Å²) in [7, 11) is 0. The third-order valence-electron chi connectivity index (χ3n) is 4.03. The molecule has 30 heavy (non-hydrogen) atoms. The summed E-state index contributed by atoms with van der Waals surface area (Å²) in [5.41, 5.74) is 1.05. The van der Waals surface area contributed by atoms with Gasteiger partial charge in [0, 0.05) is 25.0 Å². The number of alkyl halides is 3. The van der Waals surface area contributed by atoms with Crippen LogP contribution in [0.3, 0.4) is 0 Å². The predicted molar refractivity (Wildman–Crippen MR) is 105 cm³/mol. The molecule has 2 heterocycles. The third kappa shape index (κ3) is 5.67. The van der Waals surface area contributed by atoms with Crippen molar-refractivity contribution in [3.8, 4) is 5.88 Å². The molecule has 1 fully saturated rings. The van der Waals surface area contributed by atoms with Gasteiger partial charge in [-0.05, 0) is 24.3 Å². The molecule has 3 rings (SSSR count). The number of nitrogens with one attached hydrogen (secondary N) is 2. The first kappa shape index (κ1) is 22.0. The monoisotopic (exact) mass is 462 g/mol. The van der Waals surface area contributed by atoms with Gasteiger partial charge in [0.25, 0.3) is 5.91 Å². The first-order valence-electron chi connectivity index (χ1n) is 8.60. The fourth-order valence-electron chi connectivity index (χ4n) is 2.69. The van der Waals surface area contributed by atoms with Gasteiger partial charge < -0.3 is 20.3 Å². The predicted octanol–water partition coefficient (Wildman–Crippen LogP) is 3.52. The lowest BCUT2D eigenvalue weighted by Gasteiger charge is -2.29. The Kier molecular flexibility index (Phi) is 6.57. The second-order valence-corrected chi connectivity index (χ2v) is 7.12. The molecule has 160 valence electrons. The Labute approximate surface area is 179 Å². The Morgan fingerprint density at radius 2 is 2.03 bits per heavy atom. The van der Waals surface area contributed by atoms with Crippen molar-refractivity contribution >= 4 is 46.4 Å². The molecule has 2 N–H and O–H groups in total. The van der Waals surface area contributed by atoms with E-state index in [4.69, 9.17) is 23.2 Å². The van der Waals surface area contributed by atoms with Crippen LogP contribution in [0.1, 0.15) is 10.4 Å². The summed E-state index contributed by atoms with van der Waals surface area (Å²) in [5.74, 6) is -1.13. The van der Waals surface area contributed by atoms with Crippen LogP contribution in [0.25, 0.3) is 0 Å². The lowest BCUT2D eigenvalue weighted by molar-refractivity contribution is -0.154. The number of carbonyl (C=O) groups is 2. The fourth-order valence-corrected chi connectivity index (χ4v) is 3.22. The molecule has 1 aliphatic heterocycles. The number of pyridine rings is 1. The highest BCUT2D eigenvalue weighted by molar-refractivity contribution is 6.34. The molecule has 0 aliphatic carbocycles. The van der Waals surface area contributed by atoms with Gasteiger partial charge in [0.15, 0.2) is 6.61 Å². The van der Waals surface area contributed by atoms with Crippen molar-refractivity contribution in [3.05, 3.63) is 46.1 Å². The normalized spacial score (nSPS) is 14.3. The Morgan fingerprint density at radius 1 is 1.27 bits per heavy atom. The van der Waals surface area contributed by atoms with Crippen molar-refractivity contribution in [2.24, 2.45) is 0 Å². The smallest absolute Gasteiger partial charge is 0.422 e. The van der Waals surface area contributed by atoms with Crippen LogP contribution in [-0.4, -0.2) is 49.2 Å². The van der Waals surface area contributed by atoms with E-state index in [1.807, 2.05) is 4.90 Å². The lowest BCUT2D eigenvalue weighted by atomic mass is 10.2. The first-order valence-corrected chi connectivity index (χ1v) is 9.35. The van der Waals surface area contributed by atoms with Gasteiger partial charge in [0.2, 0.25) is 11.8 Å². The SMILES string of the molecule is O=C1CN(c2ccc(NC(=O)c3cnc(OCC(F)(F)F)c(Cl)c3)cc2Cl)CCN1. The Morgan fingerprint density at radius 3 is 2.67 bits per heavy atom.